The van der Waals surface area contributed by atoms with Crippen LogP contribution in [0.5, 0.6) is 0 Å². The lowest BCUT2D eigenvalue weighted by Crippen LogP contribution is -1.96. The molecule has 0 aliphatic heterocycles. The fourth-order valence-corrected chi connectivity index (χ4v) is 3.28. The third kappa shape index (κ3) is 3.08. The highest BCUT2D eigenvalue weighted by Gasteiger charge is 2.11. The monoisotopic (exact) mass is 283 g/mol. The number of thioether (sulfide) groups is 1. The lowest BCUT2D eigenvalue weighted by atomic mass is 10.1. The second kappa shape index (κ2) is 5.49. The van der Waals surface area contributed by atoms with Crippen molar-refractivity contribution in [3.8, 4) is 11.3 Å². The Morgan fingerprint density at radius 1 is 1.44 bits per heavy atom. The molecule has 1 N–H and O–H groups in total. The van der Waals surface area contributed by atoms with Crippen LogP contribution in [0, 0.1) is 12.7 Å². The van der Waals surface area contributed by atoms with Crippen LogP contribution in [-0.4, -0.2) is 21.8 Å². The predicted octanol–water partition coefficient (Wildman–Crippen LogP) is 3.43. The number of rotatable bonds is 4. The summed E-state index contributed by atoms with van der Waals surface area (Å²) in [4.78, 5) is 15.9. The number of hydrogen-bond acceptors (Lipinski definition) is 4. The molecule has 0 atom stereocenters. The van der Waals surface area contributed by atoms with Crippen LogP contribution >= 0.6 is 23.1 Å². The number of carboxylic acids is 1. The molecular formula is C12H10FNO2S2. The highest BCUT2D eigenvalue weighted by atomic mass is 32.2. The van der Waals surface area contributed by atoms with Gasteiger partial charge in [0.15, 0.2) is 4.34 Å². The SMILES string of the molecule is Cc1sc(SCC(=O)O)nc1-c1ccc(F)cc1. The molecule has 2 aromatic rings. The van der Waals surface area contributed by atoms with E-state index in [1.54, 1.807) is 12.1 Å². The van der Waals surface area contributed by atoms with Gasteiger partial charge in [-0.2, -0.15) is 0 Å². The number of benzene rings is 1. The number of carboxylic acid groups (broad SMARTS) is 1. The molecule has 0 aliphatic carbocycles. The van der Waals surface area contributed by atoms with Gasteiger partial charge in [0.05, 0.1) is 11.4 Å². The maximum atomic E-state index is 12.8. The quantitative estimate of drug-likeness (QED) is 0.873. The van der Waals surface area contributed by atoms with Crippen LogP contribution in [0.2, 0.25) is 0 Å². The summed E-state index contributed by atoms with van der Waals surface area (Å²) >= 11 is 2.65. The first kappa shape index (κ1) is 13.0. The topological polar surface area (TPSA) is 50.2 Å². The molecule has 1 aromatic heterocycles. The molecule has 0 saturated carbocycles. The Kier molecular flexibility index (Phi) is 3.98. The van der Waals surface area contributed by atoms with E-state index in [4.69, 9.17) is 5.11 Å². The number of halogens is 1. The maximum absolute atomic E-state index is 12.8. The average molecular weight is 283 g/mol. The molecule has 0 aliphatic rings. The summed E-state index contributed by atoms with van der Waals surface area (Å²) in [7, 11) is 0. The van der Waals surface area contributed by atoms with Crippen molar-refractivity contribution in [1.82, 2.24) is 4.98 Å². The maximum Gasteiger partial charge on any atom is 0.313 e. The highest BCUT2D eigenvalue weighted by Crippen LogP contribution is 2.32. The molecule has 3 nitrogen and oxygen atoms in total. The molecule has 1 heterocycles. The summed E-state index contributed by atoms with van der Waals surface area (Å²) in [5, 5.41) is 8.61. The van der Waals surface area contributed by atoms with Crippen molar-refractivity contribution in [1.29, 1.82) is 0 Å². The number of carbonyl (C=O) groups is 1. The molecule has 1 aromatic carbocycles. The van der Waals surface area contributed by atoms with Crippen LogP contribution in [0.25, 0.3) is 11.3 Å². The molecule has 0 radical (unpaired) electrons. The number of aliphatic carboxylic acids is 1. The molecule has 0 fully saturated rings. The first-order valence-electron chi connectivity index (χ1n) is 5.14. The van der Waals surface area contributed by atoms with Crippen molar-refractivity contribution in [3.63, 3.8) is 0 Å². The summed E-state index contributed by atoms with van der Waals surface area (Å²) in [6, 6.07) is 6.11. The van der Waals surface area contributed by atoms with Gasteiger partial charge in [0.25, 0.3) is 0 Å². The lowest BCUT2D eigenvalue weighted by molar-refractivity contribution is -0.133. The van der Waals surface area contributed by atoms with Crippen LogP contribution in [0.1, 0.15) is 4.88 Å². The van der Waals surface area contributed by atoms with Gasteiger partial charge in [0, 0.05) is 10.4 Å². The zero-order chi connectivity index (χ0) is 13.1. The second-order valence-electron chi connectivity index (χ2n) is 3.57. The van der Waals surface area contributed by atoms with Crippen LogP contribution in [-0.2, 0) is 4.79 Å². The van der Waals surface area contributed by atoms with Crippen molar-refractivity contribution < 1.29 is 14.3 Å². The van der Waals surface area contributed by atoms with Crippen LogP contribution in [0.4, 0.5) is 4.39 Å². The molecule has 94 valence electrons. The van der Waals surface area contributed by atoms with Gasteiger partial charge >= 0.3 is 5.97 Å². The first-order chi connectivity index (χ1) is 8.56. The smallest absolute Gasteiger partial charge is 0.313 e. The summed E-state index contributed by atoms with van der Waals surface area (Å²) < 4.78 is 13.5. The fraction of sp³-hybridized carbons (Fsp3) is 0.167. The van der Waals surface area contributed by atoms with E-state index < -0.39 is 5.97 Å². The minimum Gasteiger partial charge on any atom is -0.481 e. The zero-order valence-corrected chi connectivity index (χ0v) is 11.1. The first-order valence-corrected chi connectivity index (χ1v) is 6.94. The summed E-state index contributed by atoms with van der Waals surface area (Å²) in [6.07, 6.45) is 0. The van der Waals surface area contributed by atoms with Gasteiger partial charge in [0.2, 0.25) is 0 Å². The Morgan fingerprint density at radius 2 is 2.11 bits per heavy atom. The van der Waals surface area contributed by atoms with Gasteiger partial charge in [-0.1, -0.05) is 11.8 Å². The van der Waals surface area contributed by atoms with Crippen molar-refractivity contribution in [2.45, 2.75) is 11.3 Å². The Bertz CT molecular complexity index is 566. The van der Waals surface area contributed by atoms with Gasteiger partial charge in [-0.25, -0.2) is 9.37 Å². The van der Waals surface area contributed by atoms with Crippen LogP contribution in [0.15, 0.2) is 28.6 Å². The van der Waals surface area contributed by atoms with Crippen molar-refractivity contribution >= 4 is 29.1 Å². The summed E-state index contributed by atoms with van der Waals surface area (Å²) in [5.74, 6) is -1.15. The Labute approximate surface area is 112 Å². The minimum absolute atomic E-state index is 0.00416. The summed E-state index contributed by atoms with van der Waals surface area (Å²) in [6.45, 7) is 1.92. The van der Waals surface area contributed by atoms with Crippen molar-refractivity contribution in [2.75, 3.05) is 5.75 Å². The number of aromatic nitrogens is 1. The number of hydrogen-bond donors (Lipinski definition) is 1. The Morgan fingerprint density at radius 3 is 2.72 bits per heavy atom. The van der Waals surface area contributed by atoms with E-state index in [2.05, 4.69) is 4.98 Å². The van der Waals surface area contributed by atoms with Crippen molar-refractivity contribution in [2.24, 2.45) is 0 Å². The van der Waals surface area contributed by atoms with Gasteiger partial charge in [-0.05, 0) is 31.2 Å². The zero-order valence-electron chi connectivity index (χ0n) is 9.51. The minimum atomic E-state index is -0.865. The molecule has 6 heteroatoms. The molecule has 18 heavy (non-hydrogen) atoms. The number of nitrogens with zero attached hydrogens (tertiary/aromatic N) is 1. The second-order valence-corrected chi connectivity index (χ2v) is 6.00. The molecule has 0 amide bonds. The van der Waals surface area contributed by atoms with E-state index >= 15 is 0 Å². The Hall–Kier alpha value is -1.40. The molecule has 0 saturated heterocycles. The van der Waals surface area contributed by atoms with E-state index in [0.29, 0.717) is 4.34 Å². The van der Waals surface area contributed by atoms with E-state index in [1.165, 1.54) is 35.2 Å². The van der Waals surface area contributed by atoms with Crippen LogP contribution < -0.4 is 0 Å². The largest absolute Gasteiger partial charge is 0.481 e. The van der Waals surface area contributed by atoms with Crippen LogP contribution in [0.3, 0.4) is 0 Å². The number of aryl methyl sites for hydroxylation is 1. The molecular weight excluding hydrogens is 273 g/mol. The van der Waals surface area contributed by atoms with Gasteiger partial charge in [-0.3, -0.25) is 4.79 Å². The van der Waals surface area contributed by atoms with Gasteiger partial charge < -0.3 is 5.11 Å². The summed E-state index contributed by atoms with van der Waals surface area (Å²) in [5.41, 5.74) is 1.63. The molecule has 0 spiro atoms. The highest BCUT2D eigenvalue weighted by molar-refractivity contribution is 8.01. The van der Waals surface area contributed by atoms with Gasteiger partial charge in [0.1, 0.15) is 5.82 Å². The standard InChI is InChI=1S/C12H10FNO2S2/c1-7-11(8-2-4-9(13)5-3-8)14-12(18-7)17-6-10(15)16/h2-5H,6H2,1H3,(H,15,16). The van der Waals surface area contributed by atoms with E-state index in [-0.39, 0.29) is 11.6 Å². The molecule has 0 bridgehead atoms. The van der Waals surface area contributed by atoms with Gasteiger partial charge in [-0.15, -0.1) is 11.3 Å². The number of thiazole rings is 1. The van der Waals surface area contributed by atoms with E-state index in [9.17, 15) is 9.18 Å². The molecule has 2 rings (SSSR count). The van der Waals surface area contributed by atoms with E-state index in [1.807, 2.05) is 6.92 Å². The molecule has 0 unspecified atom stereocenters. The third-order valence-electron chi connectivity index (χ3n) is 2.21. The third-order valence-corrected chi connectivity index (χ3v) is 4.31. The Balaban J connectivity index is 2.23. The lowest BCUT2D eigenvalue weighted by Gasteiger charge is -1.97. The average Bonchev–Trinajstić information content (AvgIpc) is 2.69. The van der Waals surface area contributed by atoms with Crippen molar-refractivity contribution in [3.05, 3.63) is 35.0 Å². The van der Waals surface area contributed by atoms with E-state index in [0.717, 1.165) is 16.1 Å². The normalized spacial score (nSPS) is 10.6. The fourth-order valence-electron chi connectivity index (χ4n) is 1.43. The predicted molar refractivity (Wildman–Crippen MR) is 70.6 cm³/mol.